The summed E-state index contributed by atoms with van der Waals surface area (Å²) in [6.45, 7) is 1.74. The second kappa shape index (κ2) is 13.1. The number of carbonyl (C=O) groups is 3. The maximum atomic E-state index is 13.2. The number of rotatable bonds is 9. The molecule has 0 radical (unpaired) electrons. The van der Waals surface area contributed by atoms with Crippen LogP contribution in [0.3, 0.4) is 0 Å². The minimum absolute atomic E-state index is 0.0220. The molecule has 3 aromatic carbocycles. The topological polar surface area (TPSA) is 113 Å². The van der Waals surface area contributed by atoms with Gasteiger partial charge in [0.2, 0.25) is 5.91 Å². The third kappa shape index (κ3) is 7.97. The highest BCUT2D eigenvalue weighted by molar-refractivity contribution is 8.00. The molecule has 0 bridgehead atoms. The number of benzene rings is 3. The number of thioether (sulfide) groups is 1. The van der Waals surface area contributed by atoms with Crippen molar-refractivity contribution >= 4 is 70.3 Å². The Morgan fingerprint density at radius 1 is 0.949 bits per heavy atom. The van der Waals surface area contributed by atoms with Crippen LogP contribution in [0.5, 0.6) is 0 Å². The standard InChI is InChI=1S/C28H22Cl2N4O4S/c1-17-14-24(34-38-17)33-25(35)16-39-21-12-10-20(11-13-21)31-28(37)23(15-19-8-5-9-22(29)26(19)30)32-27(36)18-6-3-2-4-7-18/h2-15H,16H2,1H3,(H,31,37)(H,32,36)(H,33,34,35)/b23-15-. The number of nitrogens with zero attached hydrogens (tertiary/aromatic N) is 1. The number of aromatic nitrogens is 1. The number of amides is 3. The summed E-state index contributed by atoms with van der Waals surface area (Å²) in [6, 6.07) is 22.1. The lowest BCUT2D eigenvalue weighted by Crippen LogP contribution is -2.30. The highest BCUT2D eigenvalue weighted by atomic mass is 35.5. The zero-order valence-electron chi connectivity index (χ0n) is 20.5. The Bertz CT molecular complexity index is 1520. The second-order valence-electron chi connectivity index (χ2n) is 8.16. The van der Waals surface area contributed by atoms with Crippen LogP contribution in [0.25, 0.3) is 6.08 Å². The number of anilines is 2. The lowest BCUT2D eigenvalue weighted by atomic mass is 10.1. The van der Waals surface area contributed by atoms with Gasteiger partial charge in [0.15, 0.2) is 5.82 Å². The summed E-state index contributed by atoms with van der Waals surface area (Å²) in [5, 5.41) is 12.4. The maximum Gasteiger partial charge on any atom is 0.272 e. The quantitative estimate of drug-likeness (QED) is 0.155. The normalized spacial score (nSPS) is 11.1. The number of hydrogen-bond donors (Lipinski definition) is 3. The lowest BCUT2D eigenvalue weighted by molar-refractivity contribution is -0.114. The van der Waals surface area contributed by atoms with Crippen LogP contribution in [0.2, 0.25) is 10.0 Å². The summed E-state index contributed by atoms with van der Waals surface area (Å²) in [6.07, 6.45) is 1.46. The monoisotopic (exact) mass is 580 g/mol. The molecule has 4 aromatic rings. The Labute approximate surface area is 238 Å². The molecule has 0 saturated heterocycles. The predicted molar refractivity (Wildman–Crippen MR) is 154 cm³/mol. The van der Waals surface area contributed by atoms with E-state index in [-0.39, 0.29) is 22.4 Å². The molecular weight excluding hydrogens is 559 g/mol. The van der Waals surface area contributed by atoms with Gasteiger partial charge in [0.25, 0.3) is 11.8 Å². The van der Waals surface area contributed by atoms with Gasteiger partial charge in [-0.3, -0.25) is 14.4 Å². The average Bonchev–Trinajstić information content (AvgIpc) is 3.34. The third-order valence-electron chi connectivity index (χ3n) is 5.19. The van der Waals surface area contributed by atoms with Gasteiger partial charge in [-0.05, 0) is 61.0 Å². The molecule has 0 spiro atoms. The number of aryl methyl sites for hydroxylation is 1. The van der Waals surface area contributed by atoms with Crippen molar-refractivity contribution in [2.24, 2.45) is 0 Å². The first-order valence-corrected chi connectivity index (χ1v) is 13.3. The smallest absolute Gasteiger partial charge is 0.272 e. The van der Waals surface area contributed by atoms with Crippen molar-refractivity contribution in [2.75, 3.05) is 16.4 Å². The molecule has 0 fully saturated rings. The summed E-state index contributed by atoms with van der Waals surface area (Å²) < 4.78 is 4.93. The van der Waals surface area contributed by atoms with E-state index in [1.807, 2.05) is 0 Å². The Morgan fingerprint density at radius 3 is 2.38 bits per heavy atom. The SMILES string of the molecule is Cc1cc(NC(=O)CSc2ccc(NC(=O)/C(=C/c3cccc(Cl)c3Cl)NC(=O)c3ccccc3)cc2)no1. The first-order valence-electron chi connectivity index (χ1n) is 11.6. The van der Waals surface area contributed by atoms with Gasteiger partial charge < -0.3 is 20.5 Å². The van der Waals surface area contributed by atoms with Gasteiger partial charge in [-0.15, -0.1) is 11.8 Å². The zero-order chi connectivity index (χ0) is 27.8. The van der Waals surface area contributed by atoms with Crippen molar-refractivity contribution in [3.63, 3.8) is 0 Å². The maximum absolute atomic E-state index is 13.2. The molecule has 0 saturated carbocycles. The Balaban J connectivity index is 1.44. The van der Waals surface area contributed by atoms with Crippen molar-refractivity contribution in [2.45, 2.75) is 11.8 Å². The minimum atomic E-state index is -0.557. The highest BCUT2D eigenvalue weighted by Gasteiger charge is 2.16. The molecule has 11 heteroatoms. The van der Waals surface area contributed by atoms with Crippen LogP contribution in [0, 0.1) is 6.92 Å². The summed E-state index contributed by atoms with van der Waals surface area (Å²) in [5.74, 6) is -0.119. The van der Waals surface area contributed by atoms with Crippen LogP contribution in [-0.4, -0.2) is 28.6 Å². The van der Waals surface area contributed by atoms with Crippen LogP contribution < -0.4 is 16.0 Å². The lowest BCUT2D eigenvalue weighted by Gasteiger charge is -2.12. The van der Waals surface area contributed by atoms with Crippen LogP contribution in [0.15, 0.2) is 94.0 Å². The molecule has 1 aromatic heterocycles. The molecule has 0 atom stereocenters. The summed E-state index contributed by atoms with van der Waals surface area (Å²) in [5.41, 5.74) is 1.32. The van der Waals surface area contributed by atoms with Gasteiger partial charge >= 0.3 is 0 Å². The molecule has 3 N–H and O–H groups in total. The number of hydrogen-bond acceptors (Lipinski definition) is 6. The number of nitrogens with one attached hydrogen (secondary N) is 3. The van der Waals surface area contributed by atoms with Crippen molar-refractivity contribution in [1.82, 2.24) is 10.5 Å². The van der Waals surface area contributed by atoms with E-state index in [9.17, 15) is 14.4 Å². The van der Waals surface area contributed by atoms with E-state index in [0.29, 0.717) is 33.4 Å². The van der Waals surface area contributed by atoms with Gasteiger partial charge in [0.1, 0.15) is 11.5 Å². The zero-order valence-corrected chi connectivity index (χ0v) is 22.9. The average molecular weight is 581 g/mol. The van der Waals surface area contributed by atoms with Crippen LogP contribution in [-0.2, 0) is 9.59 Å². The molecule has 39 heavy (non-hydrogen) atoms. The Morgan fingerprint density at radius 2 is 1.69 bits per heavy atom. The van der Waals surface area contributed by atoms with E-state index in [2.05, 4.69) is 21.1 Å². The number of halogens is 2. The second-order valence-corrected chi connectivity index (χ2v) is 9.99. The largest absolute Gasteiger partial charge is 0.360 e. The molecule has 1 heterocycles. The van der Waals surface area contributed by atoms with Crippen molar-refractivity contribution in [1.29, 1.82) is 0 Å². The van der Waals surface area contributed by atoms with Crippen LogP contribution in [0.4, 0.5) is 11.5 Å². The fourth-order valence-electron chi connectivity index (χ4n) is 3.32. The van der Waals surface area contributed by atoms with Gasteiger partial charge in [-0.2, -0.15) is 0 Å². The van der Waals surface area contributed by atoms with E-state index in [1.165, 1.54) is 17.8 Å². The molecule has 3 amide bonds. The van der Waals surface area contributed by atoms with Crippen LogP contribution in [0.1, 0.15) is 21.7 Å². The first-order chi connectivity index (χ1) is 18.8. The highest BCUT2D eigenvalue weighted by Crippen LogP contribution is 2.27. The van der Waals surface area contributed by atoms with Crippen molar-refractivity contribution in [3.8, 4) is 0 Å². The van der Waals surface area contributed by atoms with Crippen LogP contribution >= 0.6 is 35.0 Å². The Kier molecular flexibility index (Phi) is 9.43. The van der Waals surface area contributed by atoms with Gasteiger partial charge in [-0.1, -0.05) is 58.7 Å². The first kappa shape index (κ1) is 28.0. The fourth-order valence-corrected chi connectivity index (χ4v) is 4.38. The molecule has 0 aliphatic rings. The van der Waals surface area contributed by atoms with Crippen molar-refractivity contribution in [3.05, 3.63) is 111 Å². The summed E-state index contributed by atoms with van der Waals surface area (Å²) in [4.78, 5) is 39.0. The minimum Gasteiger partial charge on any atom is -0.360 e. The van der Waals surface area contributed by atoms with Gasteiger partial charge in [-0.25, -0.2) is 0 Å². The van der Waals surface area contributed by atoms with Crippen molar-refractivity contribution < 1.29 is 18.9 Å². The molecule has 0 aliphatic carbocycles. The molecule has 8 nitrogen and oxygen atoms in total. The molecular formula is C28H22Cl2N4O4S. The third-order valence-corrected chi connectivity index (χ3v) is 7.03. The summed E-state index contributed by atoms with van der Waals surface area (Å²) in [7, 11) is 0. The van der Waals surface area contributed by atoms with E-state index in [4.69, 9.17) is 27.7 Å². The van der Waals surface area contributed by atoms with Gasteiger partial charge in [0.05, 0.1) is 15.8 Å². The predicted octanol–water partition coefficient (Wildman–Crippen LogP) is 6.43. The van der Waals surface area contributed by atoms with Gasteiger partial charge in [0, 0.05) is 22.2 Å². The molecule has 0 unspecified atom stereocenters. The molecule has 0 aliphatic heterocycles. The molecule has 4 rings (SSSR count). The van der Waals surface area contributed by atoms with E-state index in [0.717, 1.165) is 4.90 Å². The van der Waals surface area contributed by atoms with E-state index >= 15 is 0 Å². The van der Waals surface area contributed by atoms with E-state index < -0.39 is 11.8 Å². The number of carbonyl (C=O) groups excluding carboxylic acids is 3. The molecule has 198 valence electrons. The Hall–Kier alpha value is -4.05. The fraction of sp³-hybridized carbons (Fsp3) is 0.0714. The summed E-state index contributed by atoms with van der Waals surface area (Å²) >= 11 is 13.8. The van der Waals surface area contributed by atoms with E-state index in [1.54, 1.807) is 85.8 Å².